The number of likely N-dealkylation sites (N-methyl/N-ethyl adjacent to an activating group) is 2. The first-order valence-corrected chi connectivity index (χ1v) is 6.51. The highest BCUT2D eigenvalue weighted by Gasteiger charge is 2.23. The third kappa shape index (κ3) is 8.55. The molecular weight excluding hydrogens is 214 g/mol. The van der Waals surface area contributed by atoms with Gasteiger partial charge in [0, 0.05) is 24.7 Å². The van der Waals surface area contributed by atoms with Gasteiger partial charge in [-0.05, 0) is 41.0 Å². The molecule has 0 aliphatic heterocycles. The van der Waals surface area contributed by atoms with Crippen LogP contribution in [-0.4, -0.2) is 73.9 Å². The lowest BCUT2D eigenvalue weighted by Gasteiger charge is -2.33. The van der Waals surface area contributed by atoms with Gasteiger partial charge in [-0.2, -0.15) is 0 Å². The maximum atomic E-state index is 9.48. The summed E-state index contributed by atoms with van der Waals surface area (Å²) in [6.45, 7) is 9.65. The highest BCUT2D eigenvalue weighted by atomic mass is 16.3. The predicted octanol–water partition coefficient (Wildman–Crippen LogP) is 0.619. The molecule has 0 aromatic carbocycles. The van der Waals surface area contributed by atoms with Crippen molar-refractivity contribution in [1.29, 1.82) is 0 Å². The molecule has 17 heavy (non-hydrogen) atoms. The number of hydrogen-bond donors (Lipinski definition) is 2. The smallest absolute Gasteiger partial charge is 0.0611 e. The second kappa shape index (κ2) is 8.03. The number of rotatable bonds is 9. The molecule has 0 aromatic heterocycles. The van der Waals surface area contributed by atoms with Gasteiger partial charge in [-0.25, -0.2) is 0 Å². The summed E-state index contributed by atoms with van der Waals surface area (Å²) in [7, 11) is 6.31. The van der Waals surface area contributed by atoms with Crippen molar-refractivity contribution in [1.82, 2.24) is 15.1 Å². The van der Waals surface area contributed by atoms with E-state index >= 15 is 0 Å². The lowest BCUT2D eigenvalue weighted by atomic mass is 9.97. The Kier molecular flexibility index (Phi) is 7.96. The highest BCUT2D eigenvalue weighted by molar-refractivity contribution is 4.84. The monoisotopic (exact) mass is 245 g/mol. The van der Waals surface area contributed by atoms with Gasteiger partial charge < -0.3 is 20.2 Å². The zero-order chi connectivity index (χ0) is 13.5. The molecule has 104 valence electrons. The van der Waals surface area contributed by atoms with Crippen LogP contribution in [0.25, 0.3) is 0 Å². The standard InChI is InChI=1S/C13H31N3O/c1-12(2)14-13(3,11-17)7-8-16(6)10-9-15(4)5/h12,14,17H,7-11H2,1-6H3. The van der Waals surface area contributed by atoms with Crippen molar-refractivity contribution in [3.8, 4) is 0 Å². The van der Waals surface area contributed by atoms with E-state index in [0.717, 1.165) is 26.1 Å². The Labute approximate surface area is 107 Å². The van der Waals surface area contributed by atoms with Gasteiger partial charge in [-0.3, -0.25) is 0 Å². The van der Waals surface area contributed by atoms with E-state index < -0.39 is 0 Å². The number of aliphatic hydroxyl groups is 1. The lowest BCUT2D eigenvalue weighted by molar-refractivity contribution is 0.141. The second-order valence-electron chi connectivity index (χ2n) is 5.87. The van der Waals surface area contributed by atoms with Crippen LogP contribution in [-0.2, 0) is 0 Å². The lowest BCUT2D eigenvalue weighted by Crippen LogP contribution is -2.50. The summed E-state index contributed by atoms with van der Waals surface area (Å²) in [5.74, 6) is 0. The minimum atomic E-state index is -0.166. The van der Waals surface area contributed by atoms with Crippen LogP contribution < -0.4 is 5.32 Å². The SMILES string of the molecule is CC(C)NC(C)(CO)CCN(C)CCN(C)C. The summed E-state index contributed by atoms with van der Waals surface area (Å²) in [5, 5.41) is 12.9. The van der Waals surface area contributed by atoms with Crippen molar-refractivity contribution in [2.24, 2.45) is 0 Å². The Morgan fingerprint density at radius 3 is 2.12 bits per heavy atom. The summed E-state index contributed by atoms with van der Waals surface area (Å²) in [6, 6.07) is 0.402. The van der Waals surface area contributed by atoms with E-state index in [-0.39, 0.29) is 12.1 Å². The van der Waals surface area contributed by atoms with Crippen molar-refractivity contribution in [3.63, 3.8) is 0 Å². The van der Waals surface area contributed by atoms with E-state index in [4.69, 9.17) is 0 Å². The fourth-order valence-corrected chi connectivity index (χ4v) is 1.81. The van der Waals surface area contributed by atoms with Crippen LogP contribution in [0.5, 0.6) is 0 Å². The largest absolute Gasteiger partial charge is 0.394 e. The molecule has 0 bridgehead atoms. The van der Waals surface area contributed by atoms with Crippen molar-refractivity contribution in [3.05, 3.63) is 0 Å². The van der Waals surface area contributed by atoms with Crippen molar-refractivity contribution in [2.45, 2.75) is 38.8 Å². The summed E-state index contributed by atoms with van der Waals surface area (Å²) in [5.41, 5.74) is -0.166. The Morgan fingerprint density at radius 1 is 1.12 bits per heavy atom. The van der Waals surface area contributed by atoms with Crippen LogP contribution in [0.3, 0.4) is 0 Å². The van der Waals surface area contributed by atoms with Gasteiger partial charge in [-0.1, -0.05) is 13.8 Å². The van der Waals surface area contributed by atoms with Crippen LogP contribution in [0, 0.1) is 0 Å². The summed E-state index contributed by atoms with van der Waals surface area (Å²) in [4.78, 5) is 4.50. The maximum Gasteiger partial charge on any atom is 0.0611 e. The zero-order valence-electron chi connectivity index (χ0n) is 12.5. The molecule has 4 nitrogen and oxygen atoms in total. The van der Waals surface area contributed by atoms with E-state index in [1.54, 1.807) is 0 Å². The highest BCUT2D eigenvalue weighted by Crippen LogP contribution is 2.10. The van der Waals surface area contributed by atoms with Gasteiger partial charge in [0.15, 0.2) is 0 Å². The molecule has 1 unspecified atom stereocenters. The number of nitrogens with one attached hydrogen (secondary N) is 1. The fraction of sp³-hybridized carbons (Fsp3) is 1.00. The molecule has 0 spiro atoms. The Hall–Kier alpha value is -0.160. The molecule has 4 heteroatoms. The number of aliphatic hydroxyl groups excluding tert-OH is 1. The normalized spacial score (nSPS) is 15.9. The van der Waals surface area contributed by atoms with Crippen LogP contribution >= 0.6 is 0 Å². The van der Waals surface area contributed by atoms with E-state index in [2.05, 4.69) is 57.0 Å². The molecule has 0 amide bonds. The van der Waals surface area contributed by atoms with Gasteiger partial charge >= 0.3 is 0 Å². The molecule has 0 aliphatic rings. The molecule has 0 saturated heterocycles. The molecule has 0 fully saturated rings. The first kappa shape index (κ1) is 16.8. The van der Waals surface area contributed by atoms with Crippen molar-refractivity contribution in [2.75, 3.05) is 47.4 Å². The number of nitrogens with zero attached hydrogens (tertiary/aromatic N) is 2. The summed E-state index contributed by atoms with van der Waals surface area (Å²) < 4.78 is 0. The quantitative estimate of drug-likeness (QED) is 0.625. The van der Waals surface area contributed by atoms with Crippen LogP contribution in [0.2, 0.25) is 0 Å². The van der Waals surface area contributed by atoms with Gasteiger partial charge in [0.25, 0.3) is 0 Å². The summed E-state index contributed by atoms with van der Waals surface area (Å²) in [6.07, 6.45) is 0.964. The zero-order valence-corrected chi connectivity index (χ0v) is 12.5. The molecule has 0 aliphatic carbocycles. The molecule has 1 atom stereocenters. The Morgan fingerprint density at radius 2 is 1.71 bits per heavy atom. The third-order valence-corrected chi connectivity index (χ3v) is 2.96. The first-order chi connectivity index (χ1) is 7.79. The minimum absolute atomic E-state index is 0.166. The van der Waals surface area contributed by atoms with E-state index in [1.807, 2.05) is 0 Å². The predicted molar refractivity (Wildman–Crippen MR) is 74.4 cm³/mol. The van der Waals surface area contributed by atoms with Gasteiger partial charge in [0.2, 0.25) is 0 Å². The van der Waals surface area contributed by atoms with E-state index in [1.165, 1.54) is 0 Å². The molecule has 0 heterocycles. The molecule has 0 aromatic rings. The Bertz CT molecular complexity index is 197. The fourth-order valence-electron chi connectivity index (χ4n) is 1.81. The molecule has 0 saturated carbocycles. The van der Waals surface area contributed by atoms with Crippen LogP contribution in [0.1, 0.15) is 27.2 Å². The van der Waals surface area contributed by atoms with Gasteiger partial charge in [-0.15, -0.1) is 0 Å². The average Bonchev–Trinajstić information content (AvgIpc) is 2.22. The molecule has 0 rings (SSSR count). The number of hydrogen-bond acceptors (Lipinski definition) is 4. The first-order valence-electron chi connectivity index (χ1n) is 6.51. The maximum absolute atomic E-state index is 9.48. The van der Waals surface area contributed by atoms with Crippen molar-refractivity contribution >= 4 is 0 Å². The van der Waals surface area contributed by atoms with Crippen LogP contribution in [0.15, 0.2) is 0 Å². The second-order valence-corrected chi connectivity index (χ2v) is 5.87. The van der Waals surface area contributed by atoms with Gasteiger partial charge in [0.1, 0.15) is 0 Å². The Balaban J connectivity index is 3.96. The molecular formula is C13H31N3O. The topological polar surface area (TPSA) is 38.7 Å². The molecule has 2 N–H and O–H groups in total. The average molecular weight is 245 g/mol. The van der Waals surface area contributed by atoms with Crippen molar-refractivity contribution < 1.29 is 5.11 Å². The minimum Gasteiger partial charge on any atom is -0.394 e. The third-order valence-electron chi connectivity index (χ3n) is 2.96. The summed E-state index contributed by atoms with van der Waals surface area (Å²) >= 11 is 0. The van der Waals surface area contributed by atoms with Crippen LogP contribution in [0.4, 0.5) is 0 Å². The molecule has 0 radical (unpaired) electrons. The van der Waals surface area contributed by atoms with E-state index in [9.17, 15) is 5.11 Å². The van der Waals surface area contributed by atoms with E-state index in [0.29, 0.717) is 6.04 Å². The van der Waals surface area contributed by atoms with Gasteiger partial charge in [0.05, 0.1) is 6.61 Å².